The van der Waals surface area contributed by atoms with Gasteiger partial charge in [-0.05, 0) is 56.2 Å². The van der Waals surface area contributed by atoms with Gasteiger partial charge in [0.25, 0.3) is 5.56 Å². The van der Waals surface area contributed by atoms with Crippen LogP contribution < -0.4 is 16.2 Å². The SMILES string of the molecule is CNC(=O)NC(=O)C(C)Sc1nc2sc3c(c2c(=O)n1-c1ccccc1C)CCC(C)C3. The number of hydrogen-bond acceptors (Lipinski definition) is 6. The molecule has 32 heavy (non-hydrogen) atoms. The molecule has 0 radical (unpaired) electrons. The number of benzene rings is 1. The number of thioether (sulfide) groups is 1. The van der Waals surface area contributed by atoms with E-state index in [0.717, 1.165) is 40.9 Å². The molecule has 0 aliphatic heterocycles. The molecule has 2 aromatic heterocycles. The van der Waals surface area contributed by atoms with Crippen molar-refractivity contribution in [2.24, 2.45) is 5.92 Å². The van der Waals surface area contributed by atoms with Crippen molar-refractivity contribution in [1.29, 1.82) is 0 Å². The molecule has 9 heteroatoms. The van der Waals surface area contributed by atoms with Crippen LogP contribution in [0.1, 0.15) is 36.3 Å². The molecule has 1 aromatic carbocycles. The molecular formula is C23H26N4O3S2. The molecule has 0 fully saturated rings. The van der Waals surface area contributed by atoms with E-state index in [9.17, 15) is 14.4 Å². The summed E-state index contributed by atoms with van der Waals surface area (Å²) in [6, 6.07) is 7.09. The number of imide groups is 1. The third kappa shape index (κ3) is 4.19. The minimum absolute atomic E-state index is 0.0993. The third-order valence-electron chi connectivity index (χ3n) is 5.77. The average molecular weight is 471 g/mol. The number of amides is 3. The molecule has 4 rings (SSSR count). The van der Waals surface area contributed by atoms with Gasteiger partial charge in [-0.25, -0.2) is 9.78 Å². The number of fused-ring (bicyclic) bond motifs is 3. The van der Waals surface area contributed by atoms with E-state index in [1.54, 1.807) is 22.8 Å². The zero-order chi connectivity index (χ0) is 23.0. The zero-order valence-electron chi connectivity index (χ0n) is 18.5. The van der Waals surface area contributed by atoms with Crippen molar-refractivity contribution in [2.75, 3.05) is 7.05 Å². The van der Waals surface area contributed by atoms with Gasteiger partial charge in [0.2, 0.25) is 5.91 Å². The number of aryl methyl sites for hydroxylation is 2. The van der Waals surface area contributed by atoms with Crippen LogP contribution in [-0.2, 0) is 17.6 Å². The first-order valence-corrected chi connectivity index (χ1v) is 12.3. The Hall–Kier alpha value is -2.65. The van der Waals surface area contributed by atoms with E-state index in [1.807, 2.05) is 31.2 Å². The van der Waals surface area contributed by atoms with Gasteiger partial charge in [-0.15, -0.1) is 11.3 Å². The van der Waals surface area contributed by atoms with Crippen LogP contribution in [0, 0.1) is 12.8 Å². The van der Waals surface area contributed by atoms with E-state index < -0.39 is 17.2 Å². The van der Waals surface area contributed by atoms with Crippen LogP contribution in [0.4, 0.5) is 4.79 Å². The number of hydrogen-bond donors (Lipinski definition) is 2. The quantitative estimate of drug-likeness (QED) is 0.447. The van der Waals surface area contributed by atoms with E-state index in [2.05, 4.69) is 17.6 Å². The monoisotopic (exact) mass is 470 g/mol. The van der Waals surface area contributed by atoms with E-state index >= 15 is 0 Å². The maximum Gasteiger partial charge on any atom is 0.321 e. The summed E-state index contributed by atoms with van der Waals surface area (Å²) in [5.41, 5.74) is 2.72. The Labute approximate surface area is 194 Å². The lowest BCUT2D eigenvalue weighted by molar-refractivity contribution is -0.119. The van der Waals surface area contributed by atoms with Crippen molar-refractivity contribution >= 4 is 45.3 Å². The molecule has 0 spiro atoms. The maximum atomic E-state index is 13.8. The molecule has 7 nitrogen and oxygen atoms in total. The molecule has 0 saturated carbocycles. The van der Waals surface area contributed by atoms with Crippen LogP contribution in [0.25, 0.3) is 15.9 Å². The van der Waals surface area contributed by atoms with E-state index in [-0.39, 0.29) is 5.56 Å². The average Bonchev–Trinajstić information content (AvgIpc) is 3.12. The van der Waals surface area contributed by atoms with Crippen LogP contribution in [-0.4, -0.2) is 33.8 Å². The van der Waals surface area contributed by atoms with Crippen molar-refractivity contribution in [3.63, 3.8) is 0 Å². The summed E-state index contributed by atoms with van der Waals surface area (Å²) in [7, 11) is 1.45. The first-order chi connectivity index (χ1) is 15.3. The molecular weight excluding hydrogens is 444 g/mol. The normalized spacial score (nSPS) is 16.4. The van der Waals surface area contributed by atoms with Gasteiger partial charge < -0.3 is 5.32 Å². The fourth-order valence-corrected chi connectivity index (χ4v) is 6.31. The Kier molecular flexibility index (Phi) is 6.39. The highest BCUT2D eigenvalue weighted by Crippen LogP contribution is 2.37. The van der Waals surface area contributed by atoms with Crippen LogP contribution in [0.3, 0.4) is 0 Å². The first-order valence-electron chi connectivity index (χ1n) is 10.6. The molecule has 3 amide bonds. The van der Waals surface area contributed by atoms with Crippen molar-refractivity contribution in [2.45, 2.75) is 50.4 Å². The second-order valence-corrected chi connectivity index (χ2v) is 10.6. The van der Waals surface area contributed by atoms with Crippen LogP contribution >= 0.6 is 23.1 Å². The zero-order valence-corrected chi connectivity index (χ0v) is 20.2. The molecule has 2 N–H and O–H groups in total. The Morgan fingerprint density at radius 3 is 2.78 bits per heavy atom. The summed E-state index contributed by atoms with van der Waals surface area (Å²) in [5.74, 6) is 0.149. The molecule has 3 aromatic rings. The second-order valence-electron chi connectivity index (χ2n) is 8.18. The molecule has 2 heterocycles. The third-order valence-corrected chi connectivity index (χ3v) is 7.97. The Balaban J connectivity index is 1.86. The number of nitrogens with one attached hydrogen (secondary N) is 2. The number of thiophene rings is 1. The number of aromatic nitrogens is 2. The summed E-state index contributed by atoms with van der Waals surface area (Å²) < 4.78 is 1.62. The molecule has 0 bridgehead atoms. The molecule has 1 aliphatic carbocycles. The largest absolute Gasteiger partial charge is 0.341 e. The highest BCUT2D eigenvalue weighted by Gasteiger charge is 2.27. The molecule has 2 atom stereocenters. The van der Waals surface area contributed by atoms with Gasteiger partial charge in [-0.1, -0.05) is 36.9 Å². The van der Waals surface area contributed by atoms with Gasteiger partial charge in [-0.3, -0.25) is 19.5 Å². The van der Waals surface area contributed by atoms with Crippen molar-refractivity contribution in [3.05, 3.63) is 50.6 Å². The fourth-order valence-electron chi connectivity index (χ4n) is 3.96. The van der Waals surface area contributed by atoms with Crippen molar-refractivity contribution in [3.8, 4) is 5.69 Å². The number of carbonyl (C=O) groups is 2. The van der Waals surface area contributed by atoms with Gasteiger partial charge >= 0.3 is 6.03 Å². The summed E-state index contributed by atoms with van der Waals surface area (Å²) in [6.45, 7) is 5.88. The Morgan fingerprint density at radius 1 is 1.31 bits per heavy atom. The molecule has 0 saturated heterocycles. The Morgan fingerprint density at radius 2 is 2.06 bits per heavy atom. The lowest BCUT2D eigenvalue weighted by Gasteiger charge is -2.18. The van der Waals surface area contributed by atoms with Gasteiger partial charge in [0.15, 0.2) is 5.16 Å². The minimum atomic E-state index is -0.624. The van der Waals surface area contributed by atoms with E-state index in [0.29, 0.717) is 16.5 Å². The number of carbonyl (C=O) groups excluding carboxylic acids is 2. The predicted octanol–water partition coefficient (Wildman–Crippen LogP) is 3.82. The van der Waals surface area contributed by atoms with E-state index in [1.165, 1.54) is 23.7 Å². The highest BCUT2D eigenvalue weighted by atomic mass is 32.2. The molecule has 168 valence electrons. The van der Waals surface area contributed by atoms with Gasteiger partial charge in [0.1, 0.15) is 4.83 Å². The summed E-state index contributed by atoms with van der Waals surface area (Å²) >= 11 is 2.76. The van der Waals surface area contributed by atoms with Crippen molar-refractivity contribution < 1.29 is 9.59 Å². The van der Waals surface area contributed by atoms with Gasteiger partial charge in [0.05, 0.1) is 16.3 Å². The maximum absolute atomic E-state index is 13.8. The van der Waals surface area contributed by atoms with Gasteiger partial charge in [-0.2, -0.15) is 0 Å². The topological polar surface area (TPSA) is 93.1 Å². The first kappa shape index (κ1) is 22.5. The molecule has 1 aliphatic rings. The summed E-state index contributed by atoms with van der Waals surface area (Å²) in [4.78, 5) is 44.7. The Bertz CT molecular complexity index is 1260. The number of urea groups is 1. The standard InChI is InChI=1S/C23H26N4O3S2/c1-12-9-10-15-17(11-12)32-20-18(15)21(29)27(16-8-6-5-7-13(16)2)23(26-20)31-14(3)19(28)25-22(30)24-4/h5-8,12,14H,9-11H2,1-4H3,(H2,24,25,28,30). The number of nitrogens with zero attached hydrogens (tertiary/aromatic N) is 2. The smallest absolute Gasteiger partial charge is 0.321 e. The number of rotatable bonds is 4. The fraction of sp³-hybridized carbons (Fsp3) is 0.391. The van der Waals surface area contributed by atoms with Crippen LogP contribution in [0.5, 0.6) is 0 Å². The van der Waals surface area contributed by atoms with Gasteiger partial charge in [0, 0.05) is 11.9 Å². The lowest BCUT2D eigenvalue weighted by Crippen LogP contribution is -2.41. The highest BCUT2D eigenvalue weighted by molar-refractivity contribution is 8.00. The number of para-hydroxylation sites is 1. The predicted molar refractivity (Wildman–Crippen MR) is 129 cm³/mol. The van der Waals surface area contributed by atoms with Crippen LogP contribution in [0.15, 0.2) is 34.2 Å². The lowest BCUT2D eigenvalue weighted by atomic mass is 9.89. The minimum Gasteiger partial charge on any atom is -0.341 e. The summed E-state index contributed by atoms with van der Waals surface area (Å²) in [6.07, 6.45) is 2.92. The summed E-state index contributed by atoms with van der Waals surface area (Å²) in [5, 5.41) is 5.19. The second kappa shape index (κ2) is 9.07. The molecule has 2 unspecified atom stereocenters. The van der Waals surface area contributed by atoms with Crippen molar-refractivity contribution in [1.82, 2.24) is 20.2 Å². The van der Waals surface area contributed by atoms with Crippen LogP contribution in [0.2, 0.25) is 0 Å². The van der Waals surface area contributed by atoms with E-state index in [4.69, 9.17) is 4.98 Å².